The van der Waals surface area contributed by atoms with Crippen molar-refractivity contribution in [2.45, 2.75) is 25.8 Å². The summed E-state index contributed by atoms with van der Waals surface area (Å²) < 4.78 is 3.26. The Labute approximate surface area is 140 Å². The first-order valence-corrected chi connectivity index (χ1v) is 8.29. The first-order valence-electron chi connectivity index (χ1n) is 7.50. The minimum absolute atomic E-state index is 0.399. The van der Waals surface area contributed by atoms with E-state index < -0.39 is 0 Å². The van der Waals surface area contributed by atoms with E-state index in [1.165, 1.54) is 16.7 Å². The highest BCUT2D eigenvalue weighted by atomic mass is 79.9. The van der Waals surface area contributed by atoms with E-state index in [0.717, 1.165) is 17.4 Å². The van der Waals surface area contributed by atoms with Crippen LogP contribution in [0.25, 0.3) is 0 Å². The highest BCUT2D eigenvalue weighted by Gasteiger charge is 2.14. The molecule has 1 heterocycles. The van der Waals surface area contributed by atoms with Gasteiger partial charge in [-0.1, -0.05) is 57.9 Å². The maximum Gasteiger partial charge on any atom is 0.0945 e. The lowest BCUT2D eigenvalue weighted by atomic mass is 9.88. The molecule has 2 aromatic carbocycles. The lowest BCUT2D eigenvalue weighted by Gasteiger charge is -2.19. The largest absolute Gasteiger partial charge is 0.337 e. The molecule has 0 spiro atoms. The molecule has 0 amide bonds. The summed E-state index contributed by atoms with van der Waals surface area (Å²) in [4.78, 5) is 4.13. The van der Waals surface area contributed by atoms with Crippen LogP contribution in [0.2, 0.25) is 0 Å². The minimum atomic E-state index is 0.399. The summed E-state index contributed by atoms with van der Waals surface area (Å²) in [7, 11) is 0. The normalized spacial score (nSPS) is 12.3. The van der Waals surface area contributed by atoms with Crippen LogP contribution in [0.5, 0.6) is 0 Å². The number of benzene rings is 2. The molecule has 0 fully saturated rings. The Kier molecular flexibility index (Phi) is 4.74. The molecule has 3 aromatic rings. The number of hydrogen-bond donors (Lipinski definition) is 0. The zero-order valence-corrected chi connectivity index (χ0v) is 14.2. The van der Waals surface area contributed by atoms with Crippen molar-refractivity contribution in [3.8, 4) is 0 Å². The Balaban J connectivity index is 1.87. The molecule has 2 nitrogen and oxygen atoms in total. The fourth-order valence-electron chi connectivity index (χ4n) is 2.72. The molecule has 3 rings (SSSR count). The van der Waals surface area contributed by atoms with Crippen molar-refractivity contribution in [3.05, 3.63) is 88.4 Å². The number of hydrogen-bond acceptors (Lipinski definition) is 1. The second-order valence-corrected chi connectivity index (χ2v) is 6.52. The summed E-state index contributed by atoms with van der Waals surface area (Å²) in [5.74, 6) is 0.399. The Morgan fingerprint density at radius 3 is 2.23 bits per heavy atom. The number of imidazole rings is 1. The second kappa shape index (κ2) is 6.93. The van der Waals surface area contributed by atoms with Crippen LogP contribution in [0.1, 0.15) is 29.0 Å². The van der Waals surface area contributed by atoms with Gasteiger partial charge in [-0.2, -0.15) is 0 Å². The Morgan fingerprint density at radius 2 is 1.64 bits per heavy atom. The third kappa shape index (κ3) is 3.66. The predicted octanol–water partition coefficient (Wildman–Crippen LogP) is 5.18. The average Bonchev–Trinajstić information content (AvgIpc) is 3.04. The molecular weight excluding hydrogens is 336 g/mol. The SMILES string of the molecule is Cc1ccc(C(CCn2ccnc2)c2ccc(Br)cc2)cc1. The van der Waals surface area contributed by atoms with E-state index in [1.807, 2.05) is 18.7 Å². The van der Waals surface area contributed by atoms with Crippen LogP contribution in [-0.2, 0) is 6.54 Å². The third-order valence-corrected chi connectivity index (χ3v) is 4.52. The summed E-state index contributed by atoms with van der Waals surface area (Å²) in [6.45, 7) is 3.10. The van der Waals surface area contributed by atoms with Crippen molar-refractivity contribution in [3.63, 3.8) is 0 Å². The zero-order valence-electron chi connectivity index (χ0n) is 12.6. The summed E-state index contributed by atoms with van der Waals surface area (Å²) >= 11 is 3.52. The van der Waals surface area contributed by atoms with E-state index in [-0.39, 0.29) is 0 Å². The summed E-state index contributed by atoms with van der Waals surface area (Å²) in [5, 5.41) is 0. The summed E-state index contributed by atoms with van der Waals surface area (Å²) in [6, 6.07) is 17.5. The number of aromatic nitrogens is 2. The van der Waals surface area contributed by atoms with E-state index >= 15 is 0 Å². The van der Waals surface area contributed by atoms with Crippen LogP contribution in [0, 0.1) is 6.92 Å². The van der Waals surface area contributed by atoms with Crippen LogP contribution in [0.3, 0.4) is 0 Å². The Morgan fingerprint density at radius 1 is 1.00 bits per heavy atom. The van der Waals surface area contributed by atoms with E-state index in [4.69, 9.17) is 0 Å². The fourth-order valence-corrected chi connectivity index (χ4v) is 2.98. The molecule has 1 aromatic heterocycles. The first kappa shape index (κ1) is 15.0. The zero-order chi connectivity index (χ0) is 15.4. The van der Waals surface area contributed by atoms with Gasteiger partial charge >= 0.3 is 0 Å². The van der Waals surface area contributed by atoms with Crippen molar-refractivity contribution in [1.29, 1.82) is 0 Å². The van der Waals surface area contributed by atoms with Crippen LogP contribution < -0.4 is 0 Å². The van der Waals surface area contributed by atoms with Gasteiger partial charge in [0, 0.05) is 29.3 Å². The lowest BCUT2D eigenvalue weighted by molar-refractivity contribution is 0.595. The number of aryl methyl sites for hydroxylation is 2. The highest BCUT2D eigenvalue weighted by molar-refractivity contribution is 9.10. The average molecular weight is 355 g/mol. The van der Waals surface area contributed by atoms with Gasteiger partial charge in [0.15, 0.2) is 0 Å². The first-order chi connectivity index (χ1) is 10.7. The van der Waals surface area contributed by atoms with Crippen LogP contribution in [0.15, 0.2) is 71.7 Å². The summed E-state index contributed by atoms with van der Waals surface area (Å²) in [6.07, 6.45) is 6.79. The second-order valence-electron chi connectivity index (χ2n) is 5.60. The maximum atomic E-state index is 4.13. The lowest BCUT2D eigenvalue weighted by Crippen LogP contribution is -2.06. The van der Waals surface area contributed by atoms with Gasteiger partial charge in [-0.25, -0.2) is 4.98 Å². The van der Waals surface area contributed by atoms with Crippen LogP contribution in [0.4, 0.5) is 0 Å². The molecule has 0 aliphatic carbocycles. The van der Waals surface area contributed by atoms with Gasteiger partial charge < -0.3 is 4.57 Å². The molecule has 0 saturated heterocycles. The smallest absolute Gasteiger partial charge is 0.0945 e. The predicted molar refractivity (Wildman–Crippen MR) is 94.0 cm³/mol. The minimum Gasteiger partial charge on any atom is -0.337 e. The molecule has 22 heavy (non-hydrogen) atoms. The molecule has 0 saturated carbocycles. The van der Waals surface area contributed by atoms with Crippen LogP contribution in [-0.4, -0.2) is 9.55 Å². The van der Waals surface area contributed by atoms with E-state index in [2.05, 4.69) is 80.9 Å². The van der Waals surface area contributed by atoms with E-state index in [1.54, 1.807) is 0 Å². The topological polar surface area (TPSA) is 17.8 Å². The molecule has 0 aliphatic heterocycles. The van der Waals surface area contributed by atoms with Gasteiger partial charge in [-0.05, 0) is 36.6 Å². The quantitative estimate of drug-likeness (QED) is 0.617. The molecule has 0 aliphatic rings. The van der Waals surface area contributed by atoms with Gasteiger partial charge in [0.2, 0.25) is 0 Å². The van der Waals surface area contributed by atoms with Crippen molar-refractivity contribution >= 4 is 15.9 Å². The molecule has 0 radical (unpaired) electrons. The van der Waals surface area contributed by atoms with Gasteiger partial charge in [0.25, 0.3) is 0 Å². The van der Waals surface area contributed by atoms with E-state index in [9.17, 15) is 0 Å². The van der Waals surface area contributed by atoms with Gasteiger partial charge in [0.05, 0.1) is 6.33 Å². The standard InChI is InChI=1S/C19H19BrN2/c1-15-2-4-16(5-3-15)19(10-12-22-13-11-21-14-22)17-6-8-18(20)9-7-17/h2-9,11,13-14,19H,10,12H2,1H3. The number of nitrogens with zero attached hydrogens (tertiary/aromatic N) is 2. The van der Waals surface area contributed by atoms with Gasteiger partial charge in [-0.3, -0.25) is 0 Å². The maximum absolute atomic E-state index is 4.13. The number of halogens is 1. The molecule has 1 unspecified atom stereocenters. The van der Waals surface area contributed by atoms with Crippen molar-refractivity contribution in [2.24, 2.45) is 0 Å². The fraction of sp³-hybridized carbons (Fsp3) is 0.211. The van der Waals surface area contributed by atoms with Crippen LogP contribution >= 0.6 is 15.9 Å². The molecule has 112 valence electrons. The molecule has 3 heteroatoms. The van der Waals surface area contributed by atoms with Crippen molar-refractivity contribution < 1.29 is 0 Å². The monoisotopic (exact) mass is 354 g/mol. The number of rotatable bonds is 5. The van der Waals surface area contributed by atoms with E-state index in [0.29, 0.717) is 5.92 Å². The van der Waals surface area contributed by atoms with Gasteiger partial charge in [-0.15, -0.1) is 0 Å². The van der Waals surface area contributed by atoms with Crippen molar-refractivity contribution in [1.82, 2.24) is 9.55 Å². The molecular formula is C19H19BrN2. The van der Waals surface area contributed by atoms with Crippen molar-refractivity contribution in [2.75, 3.05) is 0 Å². The molecule has 0 N–H and O–H groups in total. The third-order valence-electron chi connectivity index (χ3n) is 3.99. The Bertz CT molecular complexity index is 655. The summed E-state index contributed by atoms with van der Waals surface area (Å²) in [5.41, 5.74) is 4.02. The molecule has 1 atom stereocenters. The van der Waals surface area contributed by atoms with Gasteiger partial charge in [0.1, 0.15) is 0 Å². The highest BCUT2D eigenvalue weighted by Crippen LogP contribution is 2.29. The molecule has 0 bridgehead atoms. The Hall–Kier alpha value is -1.87.